The molecule has 1 heterocycles. The Kier molecular flexibility index (Phi) is 19.9. The van der Waals surface area contributed by atoms with Gasteiger partial charge >= 0.3 is 24.2 Å². The fourth-order valence-electron chi connectivity index (χ4n) is 6.78. The number of rotatable bonds is 13. The first-order chi connectivity index (χ1) is 29.9. The summed E-state index contributed by atoms with van der Waals surface area (Å²) in [5, 5.41) is 0. The Hall–Kier alpha value is -4.24. The molecule has 2 aromatic rings. The summed E-state index contributed by atoms with van der Waals surface area (Å²) in [6, 6.07) is 7.76. The number of carbonyl (C=O) groups excluding carboxylic acids is 4. The van der Waals surface area contributed by atoms with E-state index in [1.807, 2.05) is 93.5 Å². The molecule has 366 valence electrons. The lowest BCUT2D eigenvalue weighted by atomic mass is 9.83. The molecular formula is C51H78O14. The van der Waals surface area contributed by atoms with Crippen LogP contribution in [-0.4, -0.2) is 87.7 Å². The first-order valence-electron chi connectivity index (χ1n) is 22.8. The van der Waals surface area contributed by atoms with Crippen LogP contribution in [0.15, 0.2) is 24.3 Å². The highest BCUT2D eigenvalue weighted by molar-refractivity contribution is 5.71. The number of hydrogen-bond donors (Lipinski definition) is 0. The van der Waals surface area contributed by atoms with Gasteiger partial charge < -0.3 is 47.4 Å². The van der Waals surface area contributed by atoms with Crippen molar-refractivity contribution in [2.75, 3.05) is 39.6 Å². The van der Waals surface area contributed by atoms with Gasteiger partial charge in [0.2, 0.25) is 0 Å². The molecule has 0 bridgehead atoms. The Morgan fingerprint density at radius 1 is 0.554 bits per heavy atom. The molecule has 14 nitrogen and oxygen atoms in total. The van der Waals surface area contributed by atoms with E-state index in [1.54, 1.807) is 41.5 Å². The molecule has 1 fully saturated rings. The molecule has 3 rings (SSSR count). The largest absolute Gasteiger partial charge is 0.514 e. The van der Waals surface area contributed by atoms with Gasteiger partial charge in [-0.1, -0.05) is 79.7 Å². The zero-order chi connectivity index (χ0) is 49.0. The predicted octanol–water partition coefficient (Wildman–Crippen LogP) is 10.7. The quantitative estimate of drug-likeness (QED) is 0.106. The predicted molar refractivity (Wildman–Crippen MR) is 246 cm³/mol. The maximum atomic E-state index is 13.1. The molecule has 0 atom stereocenters. The molecule has 1 aliphatic heterocycles. The number of aryl methyl sites for hydroxylation is 4. The number of hydrogen-bond acceptors (Lipinski definition) is 14. The van der Waals surface area contributed by atoms with E-state index in [-0.39, 0.29) is 42.9 Å². The van der Waals surface area contributed by atoms with Gasteiger partial charge in [0.25, 0.3) is 0 Å². The van der Waals surface area contributed by atoms with Crippen molar-refractivity contribution >= 4 is 24.2 Å². The fraction of sp³-hybridized carbons (Fsp3) is 0.686. The molecule has 65 heavy (non-hydrogen) atoms. The molecule has 0 aliphatic carbocycles. The number of benzene rings is 2. The average Bonchev–Trinajstić information content (AvgIpc) is 3.14. The topological polar surface area (TPSA) is 161 Å². The molecule has 1 saturated heterocycles. The van der Waals surface area contributed by atoms with Crippen molar-refractivity contribution in [2.45, 2.75) is 184 Å². The summed E-state index contributed by atoms with van der Waals surface area (Å²) in [7, 11) is 0. The highest BCUT2D eigenvalue weighted by Gasteiger charge is 2.34. The van der Waals surface area contributed by atoms with Crippen LogP contribution in [0.3, 0.4) is 0 Å². The van der Waals surface area contributed by atoms with Gasteiger partial charge in [0.1, 0.15) is 35.9 Å². The van der Waals surface area contributed by atoms with Crippen molar-refractivity contribution in [3.63, 3.8) is 0 Å². The molecule has 0 radical (unpaired) electrons. The van der Waals surface area contributed by atoms with Crippen molar-refractivity contribution in [1.82, 2.24) is 0 Å². The second-order valence-electron chi connectivity index (χ2n) is 21.5. The van der Waals surface area contributed by atoms with E-state index in [2.05, 4.69) is 0 Å². The first-order valence-corrected chi connectivity index (χ1v) is 22.8. The summed E-state index contributed by atoms with van der Waals surface area (Å²) in [5.41, 5.74) is 2.30. The molecule has 0 spiro atoms. The molecule has 0 aromatic heterocycles. The Morgan fingerprint density at radius 2 is 0.938 bits per heavy atom. The van der Waals surface area contributed by atoms with Gasteiger partial charge in [-0.25, -0.2) is 9.59 Å². The van der Waals surface area contributed by atoms with Crippen molar-refractivity contribution < 1.29 is 66.5 Å². The second kappa shape index (κ2) is 23.5. The monoisotopic (exact) mass is 915 g/mol. The van der Waals surface area contributed by atoms with E-state index >= 15 is 0 Å². The molecule has 0 amide bonds. The van der Waals surface area contributed by atoms with E-state index < -0.39 is 47.5 Å². The van der Waals surface area contributed by atoms with Gasteiger partial charge in [-0.3, -0.25) is 9.59 Å². The third-order valence-corrected chi connectivity index (χ3v) is 10.0. The van der Waals surface area contributed by atoms with Crippen molar-refractivity contribution in [3.8, 4) is 11.5 Å². The maximum absolute atomic E-state index is 13.1. The summed E-state index contributed by atoms with van der Waals surface area (Å²) >= 11 is 0. The van der Waals surface area contributed by atoms with Crippen LogP contribution in [0.1, 0.15) is 156 Å². The lowest BCUT2D eigenvalue weighted by molar-refractivity contribution is -0.226. The van der Waals surface area contributed by atoms with E-state index in [4.69, 9.17) is 47.4 Å². The van der Waals surface area contributed by atoms with Crippen LogP contribution >= 0.6 is 0 Å². The molecule has 14 heteroatoms. The van der Waals surface area contributed by atoms with Gasteiger partial charge in [0, 0.05) is 29.4 Å². The van der Waals surface area contributed by atoms with E-state index in [0.717, 1.165) is 33.4 Å². The Balaban J connectivity index is 1.48. The SMILES string of the molecule is Cc1cc(CCC(=O)OCC2OCCCOC(C(C)(C)COC(=O)CCc3cc(C)c(OC(=O)OC(C)(C)C)c(C(C)(C)C)c3)OCCCO2)cc(C(C)(C)C)c1OC(=O)OC(C)(C)C. The smallest absolute Gasteiger partial charge is 0.465 e. The molecule has 1 aliphatic rings. The van der Waals surface area contributed by atoms with E-state index in [0.29, 0.717) is 63.6 Å². The van der Waals surface area contributed by atoms with Crippen LogP contribution in [0.2, 0.25) is 0 Å². The summed E-state index contributed by atoms with van der Waals surface area (Å²) in [6.45, 7) is 31.7. The fourth-order valence-corrected chi connectivity index (χ4v) is 6.78. The Morgan fingerprint density at radius 3 is 1.32 bits per heavy atom. The van der Waals surface area contributed by atoms with Crippen LogP contribution in [0.4, 0.5) is 9.59 Å². The van der Waals surface area contributed by atoms with Crippen molar-refractivity contribution in [3.05, 3.63) is 57.6 Å². The van der Waals surface area contributed by atoms with Crippen molar-refractivity contribution in [2.24, 2.45) is 5.41 Å². The zero-order valence-corrected chi connectivity index (χ0v) is 42.2. The minimum absolute atomic E-state index is 0.0678. The van der Waals surface area contributed by atoms with E-state index in [1.165, 1.54) is 0 Å². The number of esters is 2. The van der Waals surface area contributed by atoms with Crippen LogP contribution in [-0.2, 0) is 71.2 Å². The minimum atomic E-state index is -0.767. The second-order valence-corrected chi connectivity index (χ2v) is 21.5. The van der Waals surface area contributed by atoms with Crippen LogP contribution in [0, 0.1) is 19.3 Å². The summed E-state index contributed by atoms with van der Waals surface area (Å²) in [4.78, 5) is 51.0. The van der Waals surface area contributed by atoms with Crippen LogP contribution in [0.5, 0.6) is 11.5 Å². The normalized spacial score (nSPS) is 17.2. The Bertz CT molecular complexity index is 1890. The van der Waals surface area contributed by atoms with Crippen molar-refractivity contribution in [1.29, 1.82) is 0 Å². The molecule has 0 N–H and O–H groups in total. The number of carbonyl (C=O) groups is 4. The first kappa shape index (κ1) is 55.1. The molecule has 2 aromatic carbocycles. The third kappa shape index (κ3) is 19.6. The standard InChI is InChI=1S/C51H78O14/c1-33-27-35(29-37(47(3,4)5)42(33)62-45(54)64-49(9,10)11)19-21-39(52)60-31-41-56-23-17-25-58-44(59-26-18-24-57-41)51(15,16)32-61-40(53)22-20-36-28-34(2)43(38(30-36)48(6,7)8)63-46(55)65-50(12,13)14/h27-30,41,44H,17-26,31-32H2,1-16H3. The van der Waals surface area contributed by atoms with Gasteiger partial charge in [0.05, 0.1) is 26.4 Å². The minimum Gasteiger partial charge on any atom is -0.465 e. The van der Waals surface area contributed by atoms with Gasteiger partial charge in [-0.2, -0.15) is 0 Å². The highest BCUT2D eigenvalue weighted by atomic mass is 16.7. The lowest BCUT2D eigenvalue weighted by Crippen LogP contribution is -2.40. The third-order valence-electron chi connectivity index (χ3n) is 10.0. The summed E-state index contributed by atoms with van der Waals surface area (Å²) in [6.07, 6.45) is -0.746. The molecular weight excluding hydrogens is 837 g/mol. The zero-order valence-electron chi connectivity index (χ0n) is 42.2. The lowest BCUT2D eigenvalue weighted by Gasteiger charge is -2.34. The average molecular weight is 915 g/mol. The van der Waals surface area contributed by atoms with Crippen LogP contribution in [0.25, 0.3) is 0 Å². The molecule has 0 unspecified atom stereocenters. The summed E-state index contributed by atoms with van der Waals surface area (Å²) in [5.74, 6) is 0.173. The van der Waals surface area contributed by atoms with Crippen LogP contribution < -0.4 is 9.47 Å². The van der Waals surface area contributed by atoms with Gasteiger partial charge in [0.15, 0.2) is 12.6 Å². The van der Waals surface area contributed by atoms with E-state index in [9.17, 15) is 19.2 Å². The van der Waals surface area contributed by atoms with Gasteiger partial charge in [-0.15, -0.1) is 0 Å². The molecule has 0 saturated carbocycles. The van der Waals surface area contributed by atoms with Gasteiger partial charge in [-0.05, 0) is 114 Å². The maximum Gasteiger partial charge on any atom is 0.514 e. The Labute approximate surface area is 387 Å². The summed E-state index contributed by atoms with van der Waals surface area (Å²) < 4.78 is 57.7. The number of ether oxygens (including phenoxy) is 10. The highest BCUT2D eigenvalue weighted by Crippen LogP contribution is 2.38.